The van der Waals surface area contributed by atoms with Crippen LogP contribution in [-0.2, 0) is 31.2 Å². The Bertz CT molecular complexity index is 1170. The molecule has 1 atom stereocenters. The van der Waals surface area contributed by atoms with Crippen LogP contribution in [0.2, 0.25) is 0 Å². The molecule has 2 aliphatic heterocycles. The molecular weight excluding hydrogens is 452 g/mol. The summed E-state index contributed by atoms with van der Waals surface area (Å²) in [6, 6.07) is 3.95. The number of carbonyl (C=O) groups is 1. The Kier molecular flexibility index (Phi) is 7.17. The highest BCUT2D eigenvalue weighted by molar-refractivity contribution is 7.95. The first-order chi connectivity index (χ1) is 15.0. The average molecular weight is 483 g/mol. The van der Waals surface area contributed by atoms with Crippen molar-refractivity contribution < 1.29 is 21.6 Å². The van der Waals surface area contributed by atoms with Crippen molar-refractivity contribution in [1.82, 2.24) is 13.8 Å². The number of amides is 1. The molecule has 2 aliphatic rings. The van der Waals surface area contributed by atoms with Crippen molar-refractivity contribution in [2.45, 2.75) is 45.4 Å². The van der Waals surface area contributed by atoms with Crippen LogP contribution in [-0.4, -0.2) is 79.4 Å². The van der Waals surface area contributed by atoms with Crippen LogP contribution in [0.15, 0.2) is 11.6 Å². The number of nitrogens with zero attached hydrogens (tertiary/aromatic N) is 4. The van der Waals surface area contributed by atoms with Gasteiger partial charge in [-0.2, -0.15) is 9.57 Å². The van der Waals surface area contributed by atoms with Gasteiger partial charge in [0.05, 0.1) is 16.8 Å². The normalized spacial score (nSPS) is 22.1. The van der Waals surface area contributed by atoms with Gasteiger partial charge >= 0.3 is 0 Å². The summed E-state index contributed by atoms with van der Waals surface area (Å²) in [5, 5.41) is 8.68. The Balaban J connectivity index is 1.70. The zero-order chi connectivity index (χ0) is 23.7. The van der Waals surface area contributed by atoms with Crippen LogP contribution in [0.1, 0.15) is 36.7 Å². The zero-order valence-electron chi connectivity index (χ0n) is 18.7. The summed E-state index contributed by atoms with van der Waals surface area (Å²) in [7, 11) is -7.05. The van der Waals surface area contributed by atoms with Gasteiger partial charge in [-0.3, -0.25) is 4.79 Å². The van der Waals surface area contributed by atoms with Gasteiger partial charge in [0.25, 0.3) is 5.91 Å². The summed E-state index contributed by atoms with van der Waals surface area (Å²) < 4.78 is 52.4. The van der Waals surface area contributed by atoms with E-state index in [2.05, 4.69) is 11.5 Å². The zero-order valence-corrected chi connectivity index (χ0v) is 20.4. The predicted molar refractivity (Wildman–Crippen MR) is 122 cm³/mol. The summed E-state index contributed by atoms with van der Waals surface area (Å²) in [6.07, 6.45) is 2.69. The molecule has 0 N–H and O–H groups in total. The second-order valence-electron chi connectivity index (χ2n) is 8.41. The molecule has 2 fully saturated rings. The predicted octanol–water partition coefficient (Wildman–Crippen LogP) is 1.08. The molecule has 2 saturated heterocycles. The van der Waals surface area contributed by atoms with E-state index >= 15 is 0 Å². The summed E-state index contributed by atoms with van der Waals surface area (Å²) in [5.74, 6) is -0.871. The second kappa shape index (κ2) is 9.37. The van der Waals surface area contributed by atoms with Crippen LogP contribution < -0.4 is 0 Å². The van der Waals surface area contributed by atoms with Gasteiger partial charge in [-0.05, 0) is 44.4 Å². The van der Waals surface area contributed by atoms with Crippen molar-refractivity contribution in [2.24, 2.45) is 0 Å². The number of nitriles is 1. The summed E-state index contributed by atoms with van der Waals surface area (Å²) >= 11 is 0. The minimum atomic E-state index is -3.74. The SMILES string of the molecule is CCCn1c(C)cc(/C=C(/C#N)C(=O)N2CCN(S(=O)(=O)C3CCS(=O)(=O)C3)CC2)c1C. The van der Waals surface area contributed by atoms with Crippen LogP contribution in [0.5, 0.6) is 0 Å². The third-order valence-corrected chi connectivity index (χ3v) is 10.5. The summed E-state index contributed by atoms with van der Waals surface area (Å²) in [6.45, 7) is 7.40. The molecule has 1 unspecified atom stereocenters. The Hall–Kier alpha value is -2.16. The molecule has 0 spiro atoms. The smallest absolute Gasteiger partial charge is 0.264 e. The quantitative estimate of drug-likeness (QED) is 0.442. The fraction of sp³-hybridized carbons (Fsp3) is 0.619. The maximum atomic E-state index is 12.9. The van der Waals surface area contributed by atoms with Crippen molar-refractivity contribution in [3.63, 3.8) is 0 Å². The largest absolute Gasteiger partial charge is 0.349 e. The highest BCUT2D eigenvalue weighted by Gasteiger charge is 2.41. The molecule has 3 heterocycles. The maximum absolute atomic E-state index is 12.9. The molecule has 0 aromatic carbocycles. The van der Waals surface area contributed by atoms with Gasteiger partial charge in [-0.15, -0.1) is 0 Å². The lowest BCUT2D eigenvalue weighted by molar-refractivity contribution is -0.127. The maximum Gasteiger partial charge on any atom is 0.264 e. The first kappa shape index (κ1) is 24.5. The number of hydrogen-bond donors (Lipinski definition) is 0. The number of hydrogen-bond acceptors (Lipinski definition) is 6. The van der Waals surface area contributed by atoms with E-state index in [1.165, 1.54) is 9.21 Å². The summed E-state index contributed by atoms with van der Waals surface area (Å²) in [4.78, 5) is 14.4. The molecule has 0 saturated carbocycles. The highest BCUT2D eigenvalue weighted by Crippen LogP contribution is 2.24. The molecule has 11 heteroatoms. The minimum absolute atomic E-state index is 0.0138. The molecule has 0 radical (unpaired) electrons. The van der Waals surface area contributed by atoms with Crippen molar-refractivity contribution >= 4 is 31.8 Å². The fourth-order valence-electron chi connectivity index (χ4n) is 4.36. The van der Waals surface area contributed by atoms with E-state index in [0.29, 0.717) is 0 Å². The molecule has 3 rings (SSSR count). The summed E-state index contributed by atoms with van der Waals surface area (Å²) in [5.41, 5.74) is 2.89. The van der Waals surface area contributed by atoms with Crippen molar-refractivity contribution in [1.29, 1.82) is 5.26 Å². The molecule has 9 nitrogen and oxygen atoms in total. The first-order valence-corrected chi connectivity index (χ1v) is 14.1. The fourth-order valence-corrected chi connectivity index (χ4v) is 8.87. The molecule has 176 valence electrons. The highest BCUT2D eigenvalue weighted by atomic mass is 32.2. The van der Waals surface area contributed by atoms with Gasteiger partial charge in [0.2, 0.25) is 10.0 Å². The first-order valence-electron chi connectivity index (χ1n) is 10.8. The Morgan fingerprint density at radius 3 is 2.44 bits per heavy atom. The molecular formula is C21H30N4O5S2. The standard InChI is InChI=1S/C21H30N4O5S2/c1-4-6-25-16(2)12-18(17(25)3)13-19(14-22)21(26)23-7-9-24(10-8-23)32(29,30)20-5-11-31(27,28)15-20/h12-13,20H,4-11,15H2,1-3H3/b19-13-. The van der Waals surface area contributed by atoms with Gasteiger partial charge in [-0.25, -0.2) is 16.8 Å². The third kappa shape index (κ3) is 4.92. The Morgan fingerprint density at radius 2 is 1.91 bits per heavy atom. The van der Waals surface area contributed by atoms with Crippen LogP contribution >= 0.6 is 0 Å². The molecule has 1 aromatic rings. The molecule has 0 bridgehead atoms. The van der Waals surface area contributed by atoms with E-state index in [0.717, 1.165) is 29.9 Å². The van der Waals surface area contributed by atoms with Gasteiger partial charge in [0, 0.05) is 44.1 Å². The van der Waals surface area contributed by atoms with Crippen molar-refractivity contribution in [3.8, 4) is 6.07 Å². The van der Waals surface area contributed by atoms with E-state index in [1.54, 1.807) is 6.08 Å². The Morgan fingerprint density at radius 1 is 1.25 bits per heavy atom. The van der Waals surface area contributed by atoms with E-state index in [9.17, 15) is 26.9 Å². The lowest BCUT2D eigenvalue weighted by Crippen LogP contribution is -2.52. The minimum Gasteiger partial charge on any atom is -0.349 e. The van der Waals surface area contributed by atoms with Gasteiger partial charge in [0.1, 0.15) is 11.6 Å². The monoisotopic (exact) mass is 482 g/mol. The molecule has 32 heavy (non-hydrogen) atoms. The molecule has 1 aromatic heterocycles. The number of aryl methyl sites for hydroxylation is 1. The molecule has 1 amide bonds. The van der Waals surface area contributed by atoms with Crippen molar-refractivity contribution in [2.75, 3.05) is 37.7 Å². The lowest BCUT2D eigenvalue weighted by atomic mass is 10.1. The van der Waals surface area contributed by atoms with E-state index in [4.69, 9.17) is 0 Å². The van der Waals surface area contributed by atoms with E-state index in [1.807, 2.05) is 26.0 Å². The third-order valence-electron chi connectivity index (χ3n) is 6.21. The van der Waals surface area contributed by atoms with Gasteiger partial charge < -0.3 is 9.47 Å². The van der Waals surface area contributed by atoms with Gasteiger partial charge in [0.15, 0.2) is 9.84 Å². The number of sulfone groups is 1. The average Bonchev–Trinajstić information content (AvgIpc) is 3.25. The van der Waals surface area contributed by atoms with Crippen LogP contribution in [0.3, 0.4) is 0 Å². The molecule has 0 aliphatic carbocycles. The number of carbonyl (C=O) groups excluding carboxylic acids is 1. The van der Waals surface area contributed by atoms with Gasteiger partial charge in [-0.1, -0.05) is 6.92 Å². The number of rotatable bonds is 6. The van der Waals surface area contributed by atoms with Crippen LogP contribution in [0.4, 0.5) is 0 Å². The Labute approximate surface area is 190 Å². The number of aromatic nitrogens is 1. The topological polar surface area (TPSA) is 121 Å². The van der Waals surface area contributed by atoms with Crippen LogP contribution in [0.25, 0.3) is 6.08 Å². The number of piperazine rings is 1. The second-order valence-corrected chi connectivity index (χ2v) is 12.9. The van der Waals surface area contributed by atoms with E-state index < -0.39 is 31.0 Å². The number of sulfonamides is 1. The lowest BCUT2D eigenvalue weighted by Gasteiger charge is -2.35. The van der Waals surface area contributed by atoms with Crippen LogP contribution in [0, 0.1) is 25.2 Å². The van der Waals surface area contributed by atoms with Crippen molar-refractivity contribution in [3.05, 3.63) is 28.6 Å². The van der Waals surface area contributed by atoms with E-state index in [-0.39, 0.29) is 49.7 Å².